The topological polar surface area (TPSA) is 50.2 Å². The predicted octanol–water partition coefficient (Wildman–Crippen LogP) is 1.88. The van der Waals surface area contributed by atoms with Gasteiger partial charge in [-0.3, -0.25) is 5.41 Å². The summed E-state index contributed by atoms with van der Waals surface area (Å²) >= 11 is 0. The molecule has 72 valence electrons. The SMILES string of the molecule is CCOC(=O)C(=C=N)c1ccccc1. The maximum absolute atomic E-state index is 11.3. The van der Waals surface area contributed by atoms with Crippen LogP contribution in [0.4, 0.5) is 0 Å². The number of carbonyl (C=O) groups is 1. The second-order valence-electron chi connectivity index (χ2n) is 2.59. The summed E-state index contributed by atoms with van der Waals surface area (Å²) in [5.74, 6) is 1.59. The third-order valence-electron chi connectivity index (χ3n) is 1.67. The number of carbonyl (C=O) groups excluding carboxylic acids is 1. The van der Waals surface area contributed by atoms with Crippen molar-refractivity contribution in [1.82, 2.24) is 0 Å². The van der Waals surface area contributed by atoms with Crippen LogP contribution in [-0.2, 0) is 9.53 Å². The molecule has 0 amide bonds. The summed E-state index contributed by atoms with van der Waals surface area (Å²) < 4.78 is 4.79. The van der Waals surface area contributed by atoms with Crippen molar-refractivity contribution in [2.24, 2.45) is 0 Å². The van der Waals surface area contributed by atoms with Gasteiger partial charge in [-0.1, -0.05) is 30.3 Å². The van der Waals surface area contributed by atoms with Gasteiger partial charge in [-0.05, 0) is 18.4 Å². The Balaban J connectivity index is 2.96. The van der Waals surface area contributed by atoms with Crippen molar-refractivity contribution in [3.63, 3.8) is 0 Å². The molecule has 0 heterocycles. The first kappa shape index (κ1) is 10.2. The molecule has 0 radical (unpaired) electrons. The lowest BCUT2D eigenvalue weighted by Crippen LogP contribution is -2.07. The van der Waals surface area contributed by atoms with E-state index in [1.54, 1.807) is 31.2 Å². The second kappa shape index (κ2) is 5.00. The molecule has 0 aromatic heterocycles. The lowest BCUT2D eigenvalue weighted by Gasteiger charge is -2.03. The van der Waals surface area contributed by atoms with Gasteiger partial charge in [0.2, 0.25) is 0 Å². The number of ether oxygens (including phenoxy) is 1. The molecule has 1 rings (SSSR count). The van der Waals surface area contributed by atoms with Crippen LogP contribution in [0.2, 0.25) is 0 Å². The van der Waals surface area contributed by atoms with Gasteiger partial charge in [0.1, 0.15) is 5.57 Å². The molecule has 3 heteroatoms. The van der Waals surface area contributed by atoms with E-state index in [0.717, 1.165) is 0 Å². The third-order valence-corrected chi connectivity index (χ3v) is 1.67. The fraction of sp³-hybridized carbons (Fsp3) is 0.182. The largest absolute Gasteiger partial charge is 0.462 e. The molecule has 14 heavy (non-hydrogen) atoms. The van der Waals surface area contributed by atoms with Gasteiger partial charge in [0, 0.05) is 0 Å². The van der Waals surface area contributed by atoms with E-state index in [-0.39, 0.29) is 5.57 Å². The highest BCUT2D eigenvalue weighted by Gasteiger charge is 2.11. The Morgan fingerprint density at radius 3 is 2.57 bits per heavy atom. The zero-order valence-corrected chi connectivity index (χ0v) is 7.91. The maximum atomic E-state index is 11.3. The van der Waals surface area contributed by atoms with Gasteiger partial charge >= 0.3 is 5.97 Å². The molecular formula is C11H11NO2. The summed E-state index contributed by atoms with van der Waals surface area (Å²) in [6.45, 7) is 2.03. The van der Waals surface area contributed by atoms with Gasteiger partial charge in [0.05, 0.1) is 6.61 Å². The third kappa shape index (κ3) is 2.31. The van der Waals surface area contributed by atoms with Gasteiger partial charge in [-0.25, -0.2) is 4.79 Å². The Hall–Kier alpha value is -1.86. The Kier molecular flexibility index (Phi) is 3.65. The van der Waals surface area contributed by atoms with Crippen LogP contribution < -0.4 is 0 Å². The van der Waals surface area contributed by atoms with E-state index in [1.165, 1.54) is 0 Å². The van der Waals surface area contributed by atoms with E-state index in [1.807, 2.05) is 6.07 Å². The van der Waals surface area contributed by atoms with E-state index in [9.17, 15) is 4.79 Å². The highest BCUT2D eigenvalue weighted by molar-refractivity contribution is 6.25. The minimum absolute atomic E-state index is 0.160. The minimum atomic E-state index is -0.506. The van der Waals surface area contributed by atoms with Crippen molar-refractivity contribution in [2.45, 2.75) is 6.92 Å². The average molecular weight is 189 g/mol. The summed E-state index contributed by atoms with van der Waals surface area (Å²) in [4.78, 5) is 11.3. The van der Waals surface area contributed by atoms with Crippen molar-refractivity contribution in [3.8, 4) is 0 Å². The van der Waals surface area contributed by atoms with Crippen LogP contribution in [-0.4, -0.2) is 18.4 Å². The molecule has 0 unspecified atom stereocenters. The fourth-order valence-electron chi connectivity index (χ4n) is 1.05. The molecular weight excluding hydrogens is 178 g/mol. The molecule has 0 bridgehead atoms. The van der Waals surface area contributed by atoms with E-state index in [2.05, 4.69) is 5.87 Å². The molecule has 0 aliphatic heterocycles. The average Bonchev–Trinajstić information content (AvgIpc) is 2.21. The molecule has 1 aromatic carbocycles. The van der Waals surface area contributed by atoms with Crippen LogP contribution >= 0.6 is 0 Å². The van der Waals surface area contributed by atoms with Gasteiger partial charge in [0.25, 0.3) is 0 Å². The number of hydrogen-bond acceptors (Lipinski definition) is 3. The van der Waals surface area contributed by atoms with E-state index >= 15 is 0 Å². The Morgan fingerprint density at radius 1 is 1.43 bits per heavy atom. The predicted molar refractivity (Wildman–Crippen MR) is 54.2 cm³/mol. The standard InChI is InChI=1S/C11H11NO2/c1-2-14-11(13)10(8-12)9-6-4-3-5-7-9/h3-7,12H,2H2,1H3. The Bertz CT molecular complexity index is 364. The molecule has 0 saturated carbocycles. The van der Waals surface area contributed by atoms with E-state index in [0.29, 0.717) is 12.2 Å². The van der Waals surface area contributed by atoms with Crippen molar-refractivity contribution in [3.05, 3.63) is 35.9 Å². The minimum Gasteiger partial charge on any atom is -0.462 e. The zero-order chi connectivity index (χ0) is 10.4. The molecule has 0 fully saturated rings. The Labute approximate surface area is 82.5 Å². The first-order valence-electron chi connectivity index (χ1n) is 4.31. The summed E-state index contributed by atoms with van der Waals surface area (Å²) in [7, 11) is 0. The molecule has 0 atom stereocenters. The normalized spacial score (nSPS) is 8.93. The van der Waals surface area contributed by atoms with Gasteiger partial charge in [0.15, 0.2) is 0 Å². The number of nitrogens with one attached hydrogen (secondary N) is 1. The monoisotopic (exact) mass is 189 g/mol. The van der Waals surface area contributed by atoms with Crippen LogP contribution in [0.3, 0.4) is 0 Å². The lowest BCUT2D eigenvalue weighted by atomic mass is 10.1. The molecule has 0 aliphatic rings. The fourth-order valence-corrected chi connectivity index (χ4v) is 1.05. The number of benzene rings is 1. The van der Waals surface area contributed by atoms with Gasteiger partial charge < -0.3 is 4.74 Å². The second-order valence-corrected chi connectivity index (χ2v) is 2.59. The lowest BCUT2D eigenvalue weighted by molar-refractivity contribution is -0.135. The van der Waals surface area contributed by atoms with Crippen molar-refractivity contribution in [1.29, 1.82) is 5.41 Å². The Morgan fingerprint density at radius 2 is 2.07 bits per heavy atom. The van der Waals surface area contributed by atoms with Crippen molar-refractivity contribution >= 4 is 17.4 Å². The van der Waals surface area contributed by atoms with Crippen LogP contribution in [0.1, 0.15) is 12.5 Å². The quantitative estimate of drug-likeness (QED) is 0.448. The van der Waals surface area contributed by atoms with Crippen LogP contribution in [0, 0.1) is 5.41 Å². The number of hydrogen-bond donors (Lipinski definition) is 1. The molecule has 1 N–H and O–H groups in total. The van der Waals surface area contributed by atoms with Gasteiger partial charge in [-0.15, -0.1) is 0 Å². The molecule has 0 saturated heterocycles. The molecule has 0 spiro atoms. The summed E-state index contributed by atoms with van der Waals surface area (Å²) in [6.07, 6.45) is 0. The van der Waals surface area contributed by atoms with Crippen molar-refractivity contribution < 1.29 is 9.53 Å². The first-order chi connectivity index (χ1) is 6.79. The highest BCUT2D eigenvalue weighted by Crippen LogP contribution is 2.12. The smallest absolute Gasteiger partial charge is 0.348 e. The van der Waals surface area contributed by atoms with Crippen LogP contribution in [0.5, 0.6) is 0 Å². The maximum Gasteiger partial charge on any atom is 0.348 e. The summed E-state index contributed by atoms with van der Waals surface area (Å²) in [5, 5.41) is 7.02. The summed E-state index contributed by atoms with van der Waals surface area (Å²) in [6, 6.07) is 8.93. The zero-order valence-electron chi connectivity index (χ0n) is 7.91. The van der Waals surface area contributed by atoms with Crippen LogP contribution in [0.15, 0.2) is 30.3 Å². The van der Waals surface area contributed by atoms with E-state index < -0.39 is 5.97 Å². The number of esters is 1. The molecule has 3 nitrogen and oxygen atoms in total. The first-order valence-corrected chi connectivity index (χ1v) is 4.31. The van der Waals surface area contributed by atoms with E-state index in [4.69, 9.17) is 10.1 Å². The van der Waals surface area contributed by atoms with Gasteiger partial charge in [-0.2, -0.15) is 0 Å². The summed E-state index contributed by atoms with van der Waals surface area (Å²) in [5.41, 5.74) is 0.813. The molecule has 0 aliphatic carbocycles. The highest BCUT2D eigenvalue weighted by atomic mass is 16.5. The number of rotatable bonds is 3. The van der Waals surface area contributed by atoms with Crippen molar-refractivity contribution in [2.75, 3.05) is 6.61 Å². The van der Waals surface area contributed by atoms with Crippen LogP contribution in [0.25, 0.3) is 5.57 Å². The molecule has 1 aromatic rings.